The first-order valence-electron chi connectivity index (χ1n) is 4.80. The Bertz CT molecular complexity index is 376. The highest BCUT2D eigenvalue weighted by molar-refractivity contribution is 7.80. The van der Waals surface area contributed by atoms with Crippen LogP contribution < -0.4 is 10.6 Å². The fourth-order valence-corrected chi connectivity index (χ4v) is 1.23. The molecule has 1 aromatic carbocycles. The van der Waals surface area contributed by atoms with Crippen molar-refractivity contribution in [3.8, 4) is 0 Å². The first-order valence-corrected chi connectivity index (χ1v) is 5.21. The van der Waals surface area contributed by atoms with Gasteiger partial charge in [-0.1, -0.05) is 29.8 Å². The van der Waals surface area contributed by atoms with E-state index in [2.05, 4.69) is 15.4 Å². The van der Waals surface area contributed by atoms with E-state index in [0.717, 1.165) is 5.56 Å². The van der Waals surface area contributed by atoms with Gasteiger partial charge in [-0.2, -0.15) is 0 Å². The second-order valence-corrected chi connectivity index (χ2v) is 3.69. The topological polar surface area (TPSA) is 50.4 Å². The molecule has 86 valence electrons. The molecule has 0 aliphatic rings. The van der Waals surface area contributed by atoms with Gasteiger partial charge in [0.2, 0.25) is 0 Å². The number of aryl methyl sites for hydroxylation is 1. The summed E-state index contributed by atoms with van der Waals surface area (Å²) in [7, 11) is 1.29. The van der Waals surface area contributed by atoms with Gasteiger partial charge in [0.25, 0.3) is 0 Å². The van der Waals surface area contributed by atoms with E-state index in [1.165, 1.54) is 12.7 Å². The van der Waals surface area contributed by atoms with Gasteiger partial charge in [-0.15, -0.1) is 0 Å². The Labute approximate surface area is 100.0 Å². The molecule has 0 unspecified atom stereocenters. The molecule has 1 amide bonds. The molecule has 4 nitrogen and oxygen atoms in total. The Hall–Kier alpha value is -1.62. The molecular formula is C11H14N2O2S. The number of hydrogen-bond acceptors (Lipinski definition) is 3. The van der Waals surface area contributed by atoms with Gasteiger partial charge in [-0.05, 0) is 24.7 Å². The number of rotatable bonds is 2. The highest BCUT2D eigenvalue weighted by Gasteiger charge is 2.02. The van der Waals surface area contributed by atoms with Gasteiger partial charge < -0.3 is 10.1 Å². The Balaban J connectivity index is 2.37. The maximum atomic E-state index is 10.8. The van der Waals surface area contributed by atoms with E-state index in [9.17, 15) is 4.79 Å². The third-order valence-corrected chi connectivity index (χ3v) is 2.22. The van der Waals surface area contributed by atoms with E-state index < -0.39 is 6.09 Å². The summed E-state index contributed by atoms with van der Waals surface area (Å²) in [6, 6.07) is 8.05. The van der Waals surface area contributed by atoms with E-state index in [1.54, 1.807) is 0 Å². The number of thiocarbonyl (C=S) groups is 1. The summed E-state index contributed by atoms with van der Waals surface area (Å²) < 4.78 is 4.41. The fraction of sp³-hybridized carbons (Fsp3) is 0.273. The van der Waals surface area contributed by atoms with Crippen LogP contribution in [0.4, 0.5) is 4.79 Å². The average molecular weight is 238 g/mol. The number of alkyl carbamates (subject to hydrolysis) is 1. The number of carbonyl (C=O) groups excluding carboxylic acids is 1. The van der Waals surface area contributed by atoms with Crippen molar-refractivity contribution >= 4 is 23.4 Å². The first kappa shape index (κ1) is 12.4. The van der Waals surface area contributed by atoms with Gasteiger partial charge in [0, 0.05) is 6.54 Å². The van der Waals surface area contributed by atoms with Crippen LogP contribution >= 0.6 is 12.2 Å². The van der Waals surface area contributed by atoms with Crippen molar-refractivity contribution < 1.29 is 9.53 Å². The molecular weight excluding hydrogens is 224 g/mol. The fourth-order valence-electron chi connectivity index (χ4n) is 1.08. The van der Waals surface area contributed by atoms with Crippen molar-refractivity contribution in [1.82, 2.24) is 10.6 Å². The van der Waals surface area contributed by atoms with E-state index in [0.29, 0.717) is 6.54 Å². The van der Waals surface area contributed by atoms with Crippen molar-refractivity contribution in [1.29, 1.82) is 0 Å². The summed E-state index contributed by atoms with van der Waals surface area (Å²) in [5.74, 6) is 0. The minimum Gasteiger partial charge on any atom is -0.453 e. The molecule has 0 aromatic heterocycles. The zero-order valence-corrected chi connectivity index (χ0v) is 10.1. The van der Waals surface area contributed by atoms with E-state index in [4.69, 9.17) is 12.2 Å². The molecule has 0 saturated carbocycles. The van der Waals surface area contributed by atoms with Gasteiger partial charge in [0.05, 0.1) is 7.11 Å². The average Bonchev–Trinajstić information content (AvgIpc) is 2.28. The molecule has 0 spiro atoms. The highest BCUT2D eigenvalue weighted by atomic mass is 32.1. The van der Waals surface area contributed by atoms with Gasteiger partial charge in [0.1, 0.15) is 0 Å². The van der Waals surface area contributed by atoms with Crippen LogP contribution in [-0.4, -0.2) is 18.3 Å². The van der Waals surface area contributed by atoms with Crippen LogP contribution in [0.1, 0.15) is 11.1 Å². The summed E-state index contributed by atoms with van der Waals surface area (Å²) in [6.07, 6.45) is -0.568. The van der Waals surface area contributed by atoms with Crippen molar-refractivity contribution in [3.63, 3.8) is 0 Å². The Morgan fingerprint density at radius 1 is 1.38 bits per heavy atom. The van der Waals surface area contributed by atoms with Gasteiger partial charge in [-0.3, -0.25) is 5.32 Å². The summed E-state index contributed by atoms with van der Waals surface area (Å²) in [6.45, 7) is 2.60. The zero-order chi connectivity index (χ0) is 12.0. The maximum Gasteiger partial charge on any atom is 0.413 e. The number of benzene rings is 1. The molecule has 1 rings (SSSR count). The molecule has 0 atom stereocenters. The largest absolute Gasteiger partial charge is 0.453 e. The maximum absolute atomic E-state index is 10.8. The van der Waals surface area contributed by atoms with Crippen LogP contribution in [0.3, 0.4) is 0 Å². The number of methoxy groups -OCH3 is 1. The second kappa shape index (κ2) is 6.07. The molecule has 2 N–H and O–H groups in total. The van der Waals surface area contributed by atoms with Crippen molar-refractivity contribution in [2.75, 3.05) is 7.11 Å². The van der Waals surface area contributed by atoms with E-state index >= 15 is 0 Å². The normalized spacial score (nSPS) is 9.38. The number of hydrogen-bond donors (Lipinski definition) is 2. The molecule has 0 aliphatic carbocycles. The summed E-state index contributed by atoms with van der Waals surface area (Å²) >= 11 is 4.90. The number of carbonyl (C=O) groups is 1. The SMILES string of the molecule is COC(=O)NC(=S)NCc1ccc(C)cc1. The Morgan fingerprint density at radius 2 is 2.00 bits per heavy atom. The van der Waals surface area contributed by atoms with Crippen LogP contribution in [-0.2, 0) is 11.3 Å². The standard InChI is InChI=1S/C11H14N2O2S/c1-8-3-5-9(6-4-8)7-12-10(16)13-11(14)15-2/h3-6H,7H2,1-2H3,(H2,12,13,14,16). The first-order chi connectivity index (χ1) is 7.61. The molecule has 0 aliphatic heterocycles. The summed E-state index contributed by atoms with van der Waals surface area (Å²) in [5.41, 5.74) is 2.30. The monoisotopic (exact) mass is 238 g/mol. The third-order valence-electron chi connectivity index (χ3n) is 1.97. The minimum absolute atomic E-state index is 0.257. The van der Waals surface area contributed by atoms with Gasteiger partial charge in [0.15, 0.2) is 5.11 Å². The minimum atomic E-state index is -0.568. The smallest absolute Gasteiger partial charge is 0.413 e. The van der Waals surface area contributed by atoms with Crippen LogP contribution in [0.15, 0.2) is 24.3 Å². The van der Waals surface area contributed by atoms with Crippen LogP contribution in [0.5, 0.6) is 0 Å². The molecule has 0 fully saturated rings. The lowest BCUT2D eigenvalue weighted by Crippen LogP contribution is -2.38. The third kappa shape index (κ3) is 4.27. The lowest BCUT2D eigenvalue weighted by Gasteiger charge is -2.08. The Morgan fingerprint density at radius 3 is 2.56 bits per heavy atom. The van der Waals surface area contributed by atoms with Crippen LogP contribution in [0, 0.1) is 6.92 Å². The molecule has 0 bridgehead atoms. The predicted molar refractivity (Wildman–Crippen MR) is 66.2 cm³/mol. The van der Waals surface area contributed by atoms with Gasteiger partial charge >= 0.3 is 6.09 Å². The van der Waals surface area contributed by atoms with Gasteiger partial charge in [-0.25, -0.2) is 4.79 Å². The van der Waals surface area contributed by atoms with E-state index in [1.807, 2.05) is 31.2 Å². The second-order valence-electron chi connectivity index (χ2n) is 3.28. The molecule has 1 aromatic rings. The predicted octanol–water partition coefficient (Wildman–Crippen LogP) is 1.73. The van der Waals surface area contributed by atoms with Crippen molar-refractivity contribution in [2.24, 2.45) is 0 Å². The summed E-state index contributed by atoms with van der Waals surface area (Å²) in [5, 5.41) is 5.53. The highest BCUT2D eigenvalue weighted by Crippen LogP contribution is 2.02. The van der Waals surface area contributed by atoms with Crippen LogP contribution in [0.25, 0.3) is 0 Å². The lowest BCUT2D eigenvalue weighted by atomic mass is 10.1. The molecule has 0 radical (unpaired) electrons. The summed E-state index contributed by atoms with van der Waals surface area (Å²) in [4.78, 5) is 10.8. The zero-order valence-electron chi connectivity index (χ0n) is 9.24. The lowest BCUT2D eigenvalue weighted by molar-refractivity contribution is 0.176. The van der Waals surface area contributed by atoms with E-state index in [-0.39, 0.29) is 5.11 Å². The molecule has 0 heterocycles. The Kier molecular flexibility index (Phi) is 4.72. The van der Waals surface area contributed by atoms with Crippen molar-refractivity contribution in [3.05, 3.63) is 35.4 Å². The quantitative estimate of drug-likeness (QED) is 0.770. The number of ether oxygens (including phenoxy) is 1. The van der Waals surface area contributed by atoms with Crippen LogP contribution in [0.2, 0.25) is 0 Å². The number of amides is 1. The molecule has 5 heteroatoms. The number of nitrogens with one attached hydrogen (secondary N) is 2. The molecule has 16 heavy (non-hydrogen) atoms. The van der Waals surface area contributed by atoms with Crippen molar-refractivity contribution in [2.45, 2.75) is 13.5 Å². The molecule has 0 saturated heterocycles.